The largest absolute Gasteiger partial charge is 0.455 e. The van der Waals surface area contributed by atoms with Gasteiger partial charge in [0.2, 0.25) is 0 Å². The fourth-order valence-corrected chi connectivity index (χ4v) is 2.58. The van der Waals surface area contributed by atoms with Crippen LogP contribution in [0.1, 0.15) is 5.76 Å². The van der Waals surface area contributed by atoms with Crippen LogP contribution in [0.2, 0.25) is 5.02 Å². The Balaban J connectivity index is 1.63. The van der Waals surface area contributed by atoms with Gasteiger partial charge in [0.25, 0.3) is 5.56 Å². The maximum Gasteiger partial charge on any atom is 0.281 e. The summed E-state index contributed by atoms with van der Waals surface area (Å²) in [5.41, 5.74) is 1.32. The molecular formula is C19H12ClN3O2. The second-order valence-corrected chi connectivity index (χ2v) is 5.80. The van der Waals surface area contributed by atoms with Gasteiger partial charge in [-0.15, -0.1) is 0 Å². The van der Waals surface area contributed by atoms with E-state index in [1.54, 1.807) is 36.4 Å². The lowest BCUT2D eigenvalue weighted by atomic mass is 10.2. The number of nitrogens with zero attached hydrogens (tertiary/aromatic N) is 3. The highest BCUT2D eigenvalue weighted by atomic mass is 35.5. The summed E-state index contributed by atoms with van der Waals surface area (Å²) in [4.78, 5) is 16.6. The Morgan fingerprint density at radius 3 is 2.68 bits per heavy atom. The van der Waals surface area contributed by atoms with Gasteiger partial charge in [-0.2, -0.15) is 9.78 Å². The molecule has 0 saturated carbocycles. The van der Waals surface area contributed by atoms with E-state index < -0.39 is 0 Å². The fourth-order valence-electron chi connectivity index (χ4n) is 2.45. The lowest BCUT2D eigenvalue weighted by Gasteiger charge is -1.99. The molecule has 0 amide bonds. The number of fused-ring (bicyclic) bond motifs is 1. The Bertz CT molecular complexity index is 1130. The third kappa shape index (κ3) is 3.09. The van der Waals surface area contributed by atoms with Gasteiger partial charge in [0.1, 0.15) is 17.8 Å². The summed E-state index contributed by atoms with van der Waals surface area (Å²) in [5, 5.41) is 5.33. The van der Waals surface area contributed by atoms with E-state index in [4.69, 9.17) is 16.0 Å². The van der Waals surface area contributed by atoms with Crippen molar-refractivity contribution in [3.63, 3.8) is 0 Å². The first-order valence-electron chi connectivity index (χ1n) is 7.57. The molecule has 0 aliphatic rings. The molecule has 0 fully saturated rings. The van der Waals surface area contributed by atoms with Gasteiger partial charge in [0.15, 0.2) is 0 Å². The number of halogens is 1. The van der Waals surface area contributed by atoms with Crippen LogP contribution in [0.25, 0.3) is 22.2 Å². The smallest absolute Gasteiger partial charge is 0.281 e. The molecule has 25 heavy (non-hydrogen) atoms. The van der Waals surface area contributed by atoms with E-state index in [9.17, 15) is 4.79 Å². The predicted molar refractivity (Wildman–Crippen MR) is 98.1 cm³/mol. The minimum Gasteiger partial charge on any atom is -0.455 e. The Labute approximate surface area is 147 Å². The van der Waals surface area contributed by atoms with Gasteiger partial charge in [0, 0.05) is 10.6 Å². The van der Waals surface area contributed by atoms with E-state index in [2.05, 4.69) is 10.1 Å². The third-order valence-corrected chi connectivity index (χ3v) is 3.97. The van der Waals surface area contributed by atoms with Gasteiger partial charge in [-0.25, -0.2) is 4.98 Å². The van der Waals surface area contributed by atoms with Crippen molar-refractivity contribution in [2.75, 3.05) is 0 Å². The average Bonchev–Trinajstić information content (AvgIpc) is 3.11. The van der Waals surface area contributed by atoms with E-state index in [1.165, 1.54) is 17.2 Å². The van der Waals surface area contributed by atoms with Gasteiger partial charge in [0.05, 0.1) is 17.1 Å². The molecule has 0 unspecified atom stereocenters. The Kier molecular flexibility index (Phi) is 3.91. The van der Waals surface area contributed by atoms with Crippen molar-refractivity contribution in [3.05, 3.63) is 88.1 Å². The van der Waals surface area contributed by atoms with Crippen molar-refractivity contribution in [2.24, 2.45) is 5.10 Å². The van der Waals surface area contributed by atoms with Crippen molar-refractivity contribution in [3.8, 4) is 11.3 Å². The van der Waals surface area contributed by atoms with E-state index in [-0.39, 0.29) is 5.56 Å². The highest BCUT2D eigenvalue weighted by Crippen LogP contribution is 2.23. The first-order valence-corrected chi connectivity index (χ1v) is 7.95. The summed E-state index contributed by atoms with van der Waals surface area (Å²) in [6.45, 7) is 0. The molecule has 2 heterocycles. The number of hydrogen-bond acceptors (Lipinski definition) is 4. The molecule has 4 aromatic rings. The lowest BCUT2D eigenvalue weighted by molar-refractivity contribution is 0.574. The summed E-state index contributed by atoms with van der Waals surface area (Å²) in [5.74, 6) is 1.23. The fraction of sp³-hybridized carbons (Fsp3) is 0. The summed E-state index contributed by atoms with van der Waals surface area (Å²) in [7, 11) is 0. The molecule has 0 atom stereocenters. The number of rotatable bonds is 3. The zero-order valence-electron chi connectivity index (χ0n) is 13.0. The molecule has 0 aliphatic heterocycles. The number of para-hydroxylation sites is 1. The van der Waals surface area contributed by atoms with Gasteiger partial charge < -0.3 is 4.42 Å². The molecule has 0 aliphatic carbocycles. The Hall–Kier alpha value is -3.18. The maximum absolute atomic E-state index is 12.4. The van der Waals surface area contributed by atoms with Crippen LogP contribution < -0.4 is 5.56 Å². The highest BCUT2D eigenvalue weighted by molar-refractivity contribution is 6.30. The highest BCUT2D eigenvalue weighted by Gasteiger charge is 2.05. The van der Waals surface area contributed by atoms with Crippen LogP contribution in [0.15, 0.2) is 81.3 Å². The van der Waals surface area contributed by atoms with Crippen molar-refractivity contribution in [1.82, 2.24) is 9.66 Å². The molecule has 4 rings (SSSR count). The first-order chi connectivity index (χ1) is 12.2. The molecule has 5 nitrogen and oxygen atoms in total. The molecule has 122 valence electrons. The van der Waals surface area contributed by atoms with E-state index in [0.717, 1.165) is 5.56 Å². The second-order valence-electron chi connectivity index (χ2n) is 5.36. The lowest BCUT2D eigenvalue weighted by Crippen LogP contribution is -2.16. The van der Waals surface area contributed by atoms with Crippen LogP contribution in [0.3, 0.4) is 0 Å². The van der Waals surface area contributed by atoms with Crippen molar-refractivity contribution in [2.45, 2.75) is 0 Å². The van der Waals surface area contributed by atoms with Crippen LogP contribution in [0, 0.1) is 0 Å². The van der Waals surface area contributed by atoms with Crippen LogP contribution in [-0.4, -0.2) is 15.9 Å². The average molecular weight is 350 g/mol. The van der Waals surface area contributed by atoms with Crippen molar-refractivity contribution in [1.29, 1.82) is 0 Å². The minimum absolute atomic E-state index is 0.230. The molecule has 6 heteroatoms. The van der Waals surface area contributed by atoms with Gasteiger partial charge in [-0.1, -0.05) is 23.7 Å². The Morgan fingerprint density at radius 2 is 1.84 bits per heavy atom. The molecule has 0 bridgehead atoms. The van der Waals surface area contributed by atoms with E-state index in [0.29, 0.717) is 27.4 Å². The van der Waals surface area contributed by atoms with Crippen LogP contribution in [-0.2, 0) is 0 Å². The molecule has 0 saturated heterocycles. The molecule has 0 N–H and O–H groups in total. The molecule has 2 aromatic heterocycles. The summed E-state index contributed by atoms with van der Waals surface area (Å²) >= 11 is 5.89. The predicted octanol–water partition coefficient (Wildman–Crippen LogP) is 4.19. The van der Waals surface area contributed by atoms with E-state index >= 15 is 0 Å². The van der Waals surface area contributed by atoms with Crippen LogP contribution >= 0.6 is 11.6 Å². The number of aromatic nitrogens is 2. The normalized spacial score (nSPS) is 11.4. The summed E-state index contributed by atoms with van der Waals surface area (Å²) in [6, 6.07) is 18.1. The molecule has 0 radical (unpaired) electrons. The standard InChI is InChI=1S/C19H12ClN3O2/c20-14-7-5-13(6-8-14)18-10-9-15(25-18)11-22-23-12-21-17-4-2-1-3-16(17)19(23)24/h1-12H/b22-11+. The topological polar surface area (TPSA) is 60.4 Å². The molecule has 0 spiro atoms. The monoisotopic (exact) mass is 349 g/mol. The zero-order valence-corrected chi connectivity index (χ0v) is 13.7. The van der Waals surface area contributed by atoms with Crippen LogP contribution in [0.4, 0.5) is 0 Å². The number of furan rings is 1. The first kappa shape index (κ1) is 15.4. The third-order valence-electron chi connectivity index (χ3n) is 3.71. The van der Waals surface area contributed by atoms with E-state index in [1.807, 2.05) is 24.3 Å². The van der Waals surface area contributed by atoms with Gasteiger partial charge in [-0.05, 0) is 48.5 Å². The minimum atomic E-state index is -0.230. The zero-order chi connectivity index (χ0) is 17.2. The van der Waals surface area contributed by atoms with Gasteiger partial charge >= 0.3 is 0 Å². The quantitative estimate of drug-likeness (QED) is 0.521. The van der Waals surface area contributed by atoms with Crippen molar-refractivity contribution < 1.29 is 4.42 Å². The molecule has 2 aromatic carbocycles. The number of benzene rings is 2. The molecular weight excluding hydrogens is 338 g/mol. The summed E-state index contributed by atoms with van der Waals surface area (Å²) in [6.07, 6.45) is 2.88. The van der Waals surface area contributed by atoms with Crippen LogP contribution in [0.5, 0.6) is 0 Å². The Morgan fingerprint density at radius 1 is 1.04 bits per heavy atom. The van der Waals surface area contributed by atoms with Gasteiger partial charge in [-0.3, -0.25) is 4.79 Å². The maximum atomic E-state index is 12.4. The number of hydrogen-bond donors (Lipinski definition) is 0. The van der Waals surface area contributed by atoms with Crippen molar-refractivity contribution >= 4 is 28.7 Å². The second kappa shape index (κ2) is 6.37. The summed E-state index contributed by atoms with van der Waals surface area (Å²) < 4.78 is 6.92. The SMILES string of the molecule is O=c1c2ccccc2ncn1/N=C/c1ccc(-c2ccc(Cl)cc2)o1.